The summed E-state index contributed by atoms with van der Waals surface area (Å²) in [6.45, 7) is 8.50. The van der Waals surface area contributed by atoms with Gasteiger partial charge in [-0.15, -0.1) is 0 Å². The monoisotopic (exact) mass is 740 g/mol. The summed E-state index contributed by atoms with van der Waals surface area (Å²) in [5, 5.41) is 19.3. The molecule has 1 fully saturated rings. The molecule has 0 saturated carbocycles. The quantitative estimate of drug-likeness (QED) is 0.103. The lowest BCUT2D eigenvalue weighted by molar-refractivity contribution is -0.257. The Bertz CT molecular complexity index is 1550. The van der Waals surface area contributed by atoms with E-state index < -0.39 is 60.9 Å². The van der Waals surface area contributed by atoms with Gasteiger partial charge in [0.15, 0.2) is 0 Å². The van der Waals surface area contributed by atoms with Gasteiger partial charge in [0, 0.05) is 0 Å². The molecule has 3 aromatic carbocycles. The number of carbonyl (C=O) groups is 2. The van der Waals surface area contributed by atoms with Crippen LogP contribution in [0.3, 0.4) is 0 Å². The Kier molecular flexibility index (Phi) is 15.2. The standard InChI is InChI=1S/C40H53O11P/c1-29-34(46-25-30-15-9-6-10-16-30)36(48-27-32-19-13-8-14-20-32)35(47-26-31-17-11-7-12-18-31)33(51-29)28-52(45,49-23-21-39(2,3)37(41)42)50-24-22-40(4,5)38(43)44/h6-20,29,33-36H,21-28H2,1-5H3,(H,41,42)(H,43,44)/t29-,33+,34+,35+,36+/m0/s1. The van der Waals surface area contributed by atoms with Gasteiger partial charge in [0.2, 0.25) is 0 Å². The van der Waals surface area contributed by atoms with Crippen molar-refractivity contribution in [1.82, 2.24) is 0 Å². The summed E-state index contributed by atoms with van der Waals surface area (Å²) in [5.41, 5.74) is 0.535. The number of carboxylic acids is 2. The van der Waals surface area contributed by atoms with Crippen molar-refractivity contribution < 1.29 is 52.4 Å². The number of ether oxygens (including phenoxy) is 4. The number of hydrogen-bond acceptors (Lipinski definition) is 9. The van der Waals surface area contributed by atoms with Gasteiger partial charge in [-0.3, -0.25) is 14.2 Å². The van der Waals surface area contributed by atoms with Crippen molar-refractivity contribution in [3.05, 3.63) is 108 Å². The van der Waals surface area contributed by atoms with E-state index in [0.717, 1.165) is 16.7 Å². The van der Waals surface area contributed by atoms with E-state index in [2.05, 4.69) is 0 Å². The number of rotatable bonds is 21. The summed E-state index contributed by atoms with van der Waals surface area (Å²) in [6, 6.07) is 29.1. The highest BCUT2D eigenvalue weighted by molar-refractivity contribution is 7.53. The van der Waals surface area contributed by atoms with Crippen LogP contribution in [-0.2, 0) is 62.0 Å². The molecule has 1 heterocycles. The van der Waals surface area contributed by atoms with Gasteiger partial charge in [-0.1, -0.05) is 91.0 Å². The van der Waals surface area contributed by atoms with Crippen LogP contribution in [-0.4, -0.2) is 72.0 Å². The van der Waals surface area contributed by atoms with Gasteiger partial charge in [0.05, 0.1) is 62.2 Å². The molecular formula is C40H53O11P. The fourth-order valence-electron chi connectivity index (χ4n) is 5.62. The fraction of sp³-hybridized carbons (Fsp3) is 0.500. The topological polar surface area (TPSA) is 147 Å². The van der Waals surface area contributed by atoms with Crippen molar-refractivity contribution in [2.24, 2.45) is 10.8 Å². The van der Waals surface area contributed by atoms with Gasteiger partial charge in [0.1, 0.15) is 18.3 Å². The Balaban J connectivity index is 1.66. The van der Waals surface area contributed by atoms with Gasteiger partial charge < -0.3 is 38.2 Å². The predicted octanol–water partition coefficient (Wildman–Crippen LogP) is 7.76. The molecule has 284 valence electrons. The van der Waals surface area contributed by atoms with Gasteiger partial charge in [0.25, 0.3) is 0 Å². The van der Waals surface area contributed by atoms with Crippen LogP contribution in [0.4, 0.5) is 0 Å². The summed E-state index contributed by atoms with van der Waals surface area (Å²) < 4.78 is 52.9. The average Bonchev–Trinajstić information content (AvgIpc) is 3.11. The van der Waals surface area contributed by atoms with Crippen LogP contribution in [0.2, 0.25) is 0 Å². The van der Waals surface area contributed by atoms with E-state index in [1.54, 1.807) is 27.7 Å². The highest BCUT2D eigenvalue weighted by Gasteiger charge is 2.49. The van der Waals surface area contributed by atoms with Crippen molar-refractivity contribution in [2.45, 2.75) is 97.8 Å². The summed E-state index contributed by atoms with van der Waals surface area (Å²) in [7, 11) is -4.05. The van der Waals surface area contributed by atoms with Crippen LogP contribution >= 0.6 is 7.60 Å². The molecule has 52 heavy (non-hydrogen) atoms. The normalized spacial score (nSPS) is 21.1. The second-order valence-electron chi connectivity index (χ2n) is 14.5. The molecule has 3 aromatic rings. The minimum absolute atomic E-state index is 0.0599. The van der Waals surface area contributed by atoms with Crippen molar-refractivity contribution in [3.63, 3.8) is 0 Å². The van der Waals surface area contributed by atoms with Gasteiger partial charge in [-0.05, 0) is 64.2 Å². The van der Waals surface area contributed by atoms with E-state index in [1.165, 1.54) is 0 Å². The number of carboxylic acid groups (broad SMARTS) is 2. The molecule has 0 bridgehead atoms. The van der Waals surface area contributed by atoms with E-state index in [4.69, 9.17) is 28.0 Å². The molecule has 0 spiro atoms. The van der Waals surface area contributed by atoms with Crippen molar-refractivity contribution in [2.75, 3.05) is 19.4 Å². The van der Waals surface area contributed by atoms with Crippen molar-refractivity contribution >= 4 is 19.5 Å². The summed E-state index contributed by atoms with van der Waals surface area (Å²) in [6.07, 6.45) is -3.64. The van der Waals surface area contributed by atoms with E-state index in [1.807, 2.05) is 97.9 Å². The minimum atomic E-state index is -4.05. The van der Waals surface area contributed by atoms with Gasteiger partial charge in [-0.2, -0.15) is 0 Å². The fourth-order valence-corrected chi connectivity index (χ4v) is 7.38. The lowest BCUT2D eigenvalue weighted by atomic mass is 9.90. The molecule has 5 atom stereocenters. The Labute approximate surface area is 307 Å². The molecular weight excluding hydrogens is 687 g/mol. The van der Waals surface area contributed by atoms with Crippen LogP contribution in [0.1, 0.15) is 64.2 Å². The van der Waals surface area contributed by atoms with Crippen LogP contribution in [0, 0.1) is 10.8 Å². The average molecular weight is 741 g/mol. The maximum absolute atomic E-state index is 14.7. The molecule has 1 saturated heterocycles. The molecule has 1 aliphatic rings. The van der Waals surface area contributed by atoms with E-state index in [-0.39, 0.29) is 45.4 Å². The molecule has 12 heteroatoms. The molecule has 0 radical (unpaired) electrons. The second kappa shape index (κ2) is 19.1. The molecule has 0 amide bonds. The number of aliphatic carboxylic acids is 2. The molecule has 0 aliphatic carbocycles. The molecule has 2 N–H and O–H groups in total. The lowest BCUT2D eigenvalue weighted by Gasteiger charge is -2.46. The zero-order chi connectivity index (χ0) is 37.8. The van der Waals surface area contributed by atoms with Crippen molar-refractivity contribution in [3.8, 4) is 0 Å². The van der Waals surface area contributed by atoms with E-state index in [9.17, 15) is 24.4 Å². The number of hydrogen-bond donors (Lipinski definition) is 2. The predicted molar refractivity (Wildman–Crippen MR) is 196 cm³/mol. The highest BCUT2D eigenvalue weighted by atomic mass is 31.2. The molecule has 0 aromatic heterocycles. The Morgan fingerprint density at radius 3 is 1.38 bits per heavy atom. The van der Waals surface area contributed by atoms with Crippen LogP contribution in [0.15, 0.2) is 91.0 Å². The van der Waals surface area contributed by atoms with Crippen LogP contribution < -0.4 is 0 Å². The maximum atomic E-state index is 14.7. The molecule has 1 aliphatic heterocycles. The SMILES string of the molecule is C[C@@H]1O[C@H](CP(=O)(OCCC(C)(C)C(=O)O)OCCC(C)(C)C(=O)O)[C@@H](OCc2ccccc2)[C@H](OCc2ccccc2)[C@@H]1OCc1ccccc1. The van der Waals surface area contributed by atoms with Gasteiger partial charge >= 0.3 is 19.5 Å². The smallest absolute Gasteiger partial charge is 0.333 e. The maximum Gasteiger partial charge on any atom is 0.333 e. The Hall–Kier alpha value is -3.41. The summed E-state index contributed by atoms with van der Waals surface area (Å²) >= 11 is 0. The highest BCUT2D eigenvalue weighted by Crippen LogP contribution is 2.52. The summed E-state index contributed by atoms with van der Waals surface area (Å²) in [5.74, 6) is -2.04. The minimum Gasteiger partial charge on any atom is -0.481 e. The van der Waals surface area contributed by atoms with Crippen LogP contribution in [0.5, 0.6) is 0 Å². The zero-order valence-corrected chi connectivity index (χ0v) is 31.6. The molecule has 4 rings (SSSR count). The first-order valence-electron chi connectivity index (χ1n) is 17.7. The first-order chi connectivity index (χ1) is 24.7. The molecule has 11 nitrogen and oxygen atoms in total. The largest absolute Gasteiger partial charge is 0.481 e. The third-order valence-corrected chi connectivity index (χ3v) is 11.3. The first-order valence-corrected chi connectivity index (χ1v) is 19.4. The Morgan fingerprint density at radius 2 is 1.00 bits per heavy atom. The number of benzene rings is 3. The van der Waals surface area contributed by atoms with E-state index >= 15 is 0 Å². The summed E-state index contributed by atoms with van der Waals surface area (Å²) in [4.78, 5) is 23.6. The first kappa shape index (κ1) is 41.3. The Morgan fingerprint density at radius 1 is 0.635 bits per heavy atom. The lowest BCUT2D eigenvalue weighted by Crippen LogP contribution is -2.60. The van der Waals surface area contributed by atoms with Gasteiger partial charge in [-0.25, -0.2) is 0 Å². The van der Waals surface area contributed by atoms with E-state index in [0.29, 0.717) is 6.61 Å². The third kappa shape index (κ3) is 12.3. The third-order valence-electron chi connectivity index (χ3n) is 9.31. The zero-order valence-electron chi connectivity index (χ0n) is 30.7. The second-order valence-corrected chi connectivity index (χ2v) is 16.6. The van der Waals surface area contributed by atoms with Crippen LogP contribution in [0.25, 0.3) is 0 Å². The molecule has 0 unspecified atom stereocenters. The van der Waals surface area contributed by atoms with Crippen molar-refractivity contribution in [1.29, 1.82) is 0 Å².